The summed E-state index contributed by atoms with van der Waals surface area (Å²) < 4.78 is 3.03. The van der Waals surface area contributed by atoms with Crippen LogP contribution in [0.25, 0.3) is 0 Å². The summed E-state index contributed by atoms with van der Waals surface area (Å²) in [6.07, 6.45) is 4.68. The molecule has 1 fully saturated rings. The van der Waals surface area contributed by atoms with Gasteiger partial charge in [0.2, 0.25) is 11.1 Å². The average molecular weight is 443 g/mol. The Morgan fingerprint density at radius 3 is 2.96 bits per heavy atom. The van der Waals surface area contributed by atoms with Crippen molar-refractivity contribution in [3.63, 3.8) is 0 Å². The van der Waals surface area contributed by atoms with E-state index in [9.17, 15) is 4.79 Å². The van der Waals surface area contributed by atoms with Gasteiger partial charge < -0.3 is 5.32 Å². The van der Waals surface area contributed by atoms with E-state index in [1.807, 2.05) is 29.8 Å². The maximum atomic E-state index is 12.2. The zero-order chi connectivity index (χ0) is 16.2. The number of nitrogens with zero attached hydrogens (tertiary/aromatic N) is 4. The highest BCUT2D eigenvalue weighted by Crippen LogP contribution is 2.31. The number of aryl methyl sites for hydroxylation is 1. The van der Waals surface area contributed by atoms with Gasteiger partial charge in [-0.25, -0.2) is 4.68 Å². The van der Waals surface area contributed by atoms with Crippen molar-refractivity contribution in [3.05, 3.63) is 27.3 Å². The molecule has 0 saturated heterocycles. The van der Waals surface area contributed by atoms with Crippen LogP contribution in [0.5, 0.6) is 0 Å². The molecule has 1 N–H and O–H groups in total. The van der Waals surface area contributed by atoms with Crippen molar-refractivity contribution in [2.24, 2.45) is 0 Å². The molecule has 1 saturated carbocycles. The van der Waals surface area contributed by atoms with Crippen molar-refractivity contribution in [2.45, 2.75) is 43.8 Å². The Hall–Kier alpha value is -1.16. The molecule has 122 valence electrons. The van der Waals surface area contributed by atoms with Crippen LogP contribution in [0.2, 0.25) is 0 Å². The van der Waals surface area contributed by atoms with Crippen molar-refractivity contribution in [1.82, 2.24) is 20.2 Å². The first-order chi connectivity index (χ1) is 11.1. The van der Waals surface area contributed by atoms with Gasteiger partial charge in [0, 0.05) is 9.26 Å². The van der Waals surface area contributed by atoms with E-state index in [2.05, 4.69) is 43.4 Å². The molecule has 1 aliphatic carbocycles. The number of benzene rings is 1. The molecule has 2 aromatic rings. The number of aromatic nitrogens is 4. The molecule has 1 amide bonds. The monoisotopic (exact) mass is 443 g/mol. The third kappa shape index (κ3) is 4.23. The van der Waals surface area contributed by atoms with Crippen molar-refractivity contribution in [3.8, 4) is 0 Å². The smallest absolute Gasteiger partial charge is 0.234 e. The first-order valence-corrected chi connectivity index (χ1v) is 9.66. The van der Waals surface area contributed by atoms with Crippen molar-refractivity contribution in [2.75, 3.05) is 11.1 Å². The second kappa shape index (κ2) is 7.61. The number of tetrazole rings is 1. The quantitative estimate of drug-likeness (QED) is 0.567. The van der Waals surface area contributed by atoms with Crippen LogP contribution in [0.1, 0.15) is 37.3 Å². The molecule has 0 aliphatic heterocycles. The molecule has 8 heteroatoms. The number of carbonyl (C=O) groups excluding carboxylic acids is 1. The number of thioether (sulfide) groups is 1. The zero-order valence-corrected chi connectivity index (χ0v) is 15.8. The van der Waals surface area contributed by atoms with Crippen LogP contribution in [-0.2, 0) is 4.79 Å². The number of hydrogen-bond acceptors (Lipinski definition) is 5. The predicted octanol–water partition coefficient (Wildman–Crippen LogP) is 3.43. The first kappa shape index (κ1) is 16.7. The van der Waals surface area contributed by atoms with Gasteiger partial charge in [0.15, 0.2) is 0 Å². The maximum absolute atomic E-state index is 12.2. The predicted molar refractivity (Wildman–Crippen MR) is 98.6 cm³/mol. The Morgan fingerprint density at radius 1 is 1.43 bits per heavy atom. The van der Waals surface area contributed by atoms with Gasteiger partial charge in [0.25, 0.3) is 0 Å². The molecule has 3 rings (SSSR count). The van der Waals surface area contributed by atoms with Gasteiger partial charge in [-0.1, -0.05) is 24.6 Å². The van der Waals surface area contributed by atoms with Gasteiger partial charge >= 0.3 is 0 Å². The molecule has 1 aromatic heterocycles. The van der Waals surface area contributed by atoms with Crippen LogP contribution in [0.15, 0.2) is 23.4 Å². The summed E-state index contributed by atoms with van der Waals surface area (Å²) in [5.74, 6) is 0.263. The molecule has 1 heterocycles. The SMILES string of the molecule is Cc1cc(I)ccc1NC(=O)CSc1nnnn1C1CCCC1. The number of hydrogen-bond donors (Lipinski definition) is 1. The van der Waals surface area contributed by atoms with Gasteiger partial charge in [-0.3, -0.25) is 4.79 Å². The third-order valence-corrected chi connectivity index (χ3v) is 5.53. The van der Waals surface area contributed by atoms with Gasteiger partial charge in [-0.15, -0.1) is 5.10 Å². The molecular weight excluding hydrogens is 425 g/mol. The van der Waals surface area contributed by atoms with E-state index in [1.165, 1.54) is 24.6 Å². The van der Waals surface area contributed by atoms with E-state index in [1.54, 1.807) is 0 Å². The molecule has 0 atom stereocenters. The van der Waals surface area contributed by atoms with Crippen LogP contribution in [0, 0.1) is 10.5 Å². The Labute approximate surface area is 152 Å². The van der Waals surface area contributed by atoms with E-state index in [0.717, 1.165) is 32.8 Å². The van der Waals surface area contributed by atoms with Crippen LogP contribution >= 0.6 is 34.4 Å². The Bertz CT molecular complexity index is 699. The molecule has 23 heavy (non-hydrogen) atoms. The minimum Gasteiger partial charge on any atom is -0.325 e. The summed E-state index contributed by atoms with van der Waals surface area (Å²) in [5, 5.41) is 15.6. The molecule has 0 spiro atoms. The van der Waals surface area contributed by atoms with Gasteiger partial charge in [0.1, 0.15) is 0 Å². The fourth-order valence-corrected chi connectivity index (χ4v) is 4.13. The van der Waals surface area contributed by atoms with Crippen LogP contribution in [0.3, 0.4) is 0 Å². The standard InChI is InChI=1S/C15H18IN5OS/c1-10-8-11(16)6-7-13(10)17-14(22)9-23-15-18-19-20-21(15)12-4-2-3-5-12/h6-8,12H,2-5,9H2,1H3,(H,17,22). The first-order valence-electron chi connectivity index (χ1n) is 7.60. The lowest BCUT2D eigenvalue weighted by molar-refractivity contribution is -0.113. The fraction of sp³-hybridized carbons (Fsp3) is 0.467. The van der Waals surface area contributed by atoms with Crippen LogP contribution in [0.4, 0.5) is 5.69 Å². The minimum atomic E-state index is -0.0414. The number of carbonyl (C=O) groups is 1. The second-order valence-corrected chi connectivity index (χ2v) is 7.83. The Balaban J connectivity index is 1.58. The summed E-state index contributed by atoms with van der Waals surface area (Å²) in [6.45, 7) is 1.99. The molecule has 0 radical (unpaired) electrons. The van der Waals surface area contributed by atoms with E-state index >= 15 is 0 Å². The Morgan fingerprint density at radius 2 is 2.22 bits per heavy atom. The molecule has 1 aliphatic rings. The highest BCUT2D eigenvalue weighted by Gasteiger charge is 2.22. The largest absolute Gasteiger partial charge is 0.325 e. The second-order valence-electron chi connectivity index (χ2n) is 5.64. The number of anilines is 1. The highest BCUT2D eigenvalue weighted by atomic mass is 127. The Kier molecular flexibility index (Phi) is 5.52. The van der Waals surface area contributed by atoms with Gasteiger partial charge in [0.05, 0.1) is 11.8 Å². The molecule has 0 bridgehead atoms. The summed E-state index contributed by atoms with van der Waals surface area (Å²) in [5.41, 5.74) is 1.91. The number of amides is 1. The van der Waals surface area contributed by atoms with E-state index in [4.69, 9.17) is 0 Å². The summed E-state index contributed by atoms with van der Waals surface area (Å²) in [7, 11) is 0. The van der Waals surface area contributed by atoms with Gasteiger partial charge in [-0.2, -0.15) is 0 Å². The number of nitrogens with one attached hydrogen (secondary N) is 1. The van der Waals surface area contributed by atoms with Gasteiger partial charge in [-0.05, 0) is 76.5 Å². The lowest BCUT2D eigenvalue weighted by Gasteiger charge is -2.11. The van der Waals surface area contributed by atoms with E-state index in [-0.39, 0.29) is 5.91 Å². The average Bonchev–Trinajstić information content (AvgIpc) is 3.18. The lowest BCUT2D eigenvalue weighted by Crippen LogP contribution is -2.16. The lowest BCUT2D eigenvalue weighted by atomic mass is 10.2. The van der Waals surface area contributed by atoms with Crippen molar-refractivity contribution in [1.29, 1.82) is 0 Å². The van der Waals surface area contributed by atoms with Crippen molar-refractivity contribution < 1.29 is 4.79 Å². The van der Waals surface area contributed by atoms with Crippen LogP contribution < -0.4 is 5.32 Å². The minimum absolute atomic E-state index is 0.0414. The molecule has 6 nitrogen and oxygen atoms in total. The third-order valence-electron chi connectivity index (χ3n) is 3.93. The maximum Gasteiger partial charge on any atom is 0.234 e. The van der Waals surface area contributed by atoms with Crippen LogP contribution in [-0.4, -0.2) is 31.9 Å². The topological polar surface area (TPSA) is 72.7 Å². The summed E-state index contributed by atoms with van der Waals surface area (Å²) in [6, 6.07) is 6.34. The molecular formula is C15H18IN5OS. The summed E-state index contributed by atoms with van der Waals surface area (Å²) in [4.78, 5) is 12.2. The normalized spacial score (nSPS) is 15.0. The highest BCUT2D eigenvalue weighted by molar-refractivity contribution is 14.1. The summed E-state index contributed by atoms with van der Waals surface area (Å²) >= 11 is 3.65. The van der Waals surface area contributed by atoms with Crippen molar-refractivity contribution >= 4 is 45.9 Å². The number of halogens is 1. The van der Waals surface area contributed by atoms with E-state index in [0.29, 0.717) is 11.8 Å². The van der Waals surface area contributed by atoms with E-state index < -0.39 is 0 Å². The molecule has 1 aromatic carbocycles. The molecule has 0 unspecified atom stereocenters. The zero-order valence-electron chi connectivity index (χ0n) is 12.8. The fourth-order valence-electron chi connectivity index (χ4n) is 2.74. The number of rotatable bonds is 5.